The maximum atomic E-state index is 14.6. The summed E-state index contributed by atoms with van der Waals surface area (Å²) in [5.41, 5.74) is -0.817. The molecule has 1 spiro atoms. The summed E-state index contributed by atoms with van der Waals surface area (Å²) in [6.45, 7) is 3.87. The molecule has 36 heavy (non-hydrogen) atoms. The Morgan fingerprint density at radius 2 is 1.89 bits per heavy atom. The van der Waals surface area contributed by atoms with Gasteiger partial charge in [-0.25, -0.2) is 4.39 Å². The predicted molar refractivity (Wildman–Crippen MR) is 128 cm³/mol. The maximum Gasteiger partial charge on any atom is 0.419 e. The molecule has 3 heterocycles. The van der Waals surface area contributed by atoms with Gasteiger partial charge in [0.05, 0.1) is 29.2 Å². The van der Waals surface area contributed by atoms with Gasteiger partial charge in [-0.3, -0.25) is 20.2 Å². The summed E-state index contributed by atoms with van der Waals surface area (Å²) in [5, 5.41) is 18.8. The number of hydrogen-bond acceptors (Lipinski definition) is 5. The van der Waals surface area contributed by atoms with Crippen LogP contribution in [0.2, 0.25) is 0 Å². The molecule has 4 rings (SSSR count). The van der Waals surface area contributed by atoms with Crippen LogP contribution >= 0.6 is 0 Å². The number of nitrogens with zero attached hydrogens (tertiary/aromatic N) is 3. The molecule has 7 nitrogen and oxygen atoms in total. The van der Waals surface area contributed by atoms with E-state index >= 15 is 0 Å². The first kappa shape index (κ1) is 25.9. The van der Waals surface area contributed by atoms with Gasteiger partial charge in [-0.05, 0) is 58.3 Å². The van der Waals surface area contributed by atoms with Crippen LogP contribution in [0, 0.1) is 16.6 Å². The van der Waals surface area contributed by atoms with Crippen LogP contribution in [0.25, 0.3) is 0 Å². The van der Waals surface area contributed by atoms with Gasteiger partial charge in [0.2, 0.25) is 0 Å². The normalized spacial score (nSPS) is 18.9. The van der Waals surface area contributed by atoms with E-state index in [0.29, 0.717) is 24.8 Å². The molecule has 2 aliphatic heterocycles. The maximum absolute atomic E-state index is 14.6. The van der Waals surface area contributed by atoms with E-state index in [9.17, 15) is 22.4 Å². The number of carbonyl (C=O) groups excluding carboxylic acids is 1. The van der Waals surface area contributed by atoms with E-state index in [2.05, 4.69) is 17.3 Å². The highest BCUT2D eigenvalue weighted by Crippen LogP contribution is 2.38. The number of aromatic nitrogens is 1. The van der Waals surface area contributed by atoms with Crippen molar-refractivity contribution in [3.63, 3.8) is 0 Å². The zero-order valence-electron chi connectivity index (χ0n) is 20.3. The standard InChI is InChI=1S/C25H30F4N6O/c1-16(18-5-3-6-19(21(18)26)25(27,28)29)32-23(36)17-13-20(22(31)35(14-17)15-30)34-11-8-24(9-12-34)7-4-10-33(24)2/h3,5-6,13-16,30-31H,4,7-12H2,1-2H3,(H,32,36)/t16-/m1/s1. The van der Waals surface area contributed by atoms with E-state index in [-0.39, 0.29) is 22.2 Å². The molecule has 11 heteroatoms. The minimum atomic E-state index is -4.85. The molecule has 2 aromatic rings. The van der Waals surface area contributed by atoms with Gasteiger partial charge in [0.15, 0.2) is 5.49 Å². The monoisotopic (exact) mass is 506 g/mol. The number of amides is 1. The first-order valence-corrected chi connectivity index (χ1v) is 11.9. The summed E-state index contributed by atoms with van der Waals surface area (Å²) in [6, 6.07) is 3.48. The van der Waals surface area contributed by atoms with Crippen molar-refractivity contribution in [3.05, 3.63) is 58.5 Å². The Morgan fingerprint density at radius 1 is 1.19 bits per heavy atom. The Hall–Kier alpha value is -3.21. The first-order chi connectivity index (χ1) is 17.0. The fraction of sp³-hybridized carbons (Fsp3) is 0.480. The molecule has 3 N–H and O–H groups in total. The van der Waals surface area contributed by atoms with Gasteiger partial charge in [-0.1, -0.05) is 12.1 Å². The van der Waals surface area contributed by atoms with Gasteiger partial charge in [0.1, 0.15) is 5.82 Å². The van der Waals surface area contributed by atoms with Crippen LogP contribution in [0.15, 0.2) is 30.5 Å². The van der Waals surface area contributed by atoms with Crippen LogP contribution in [0.1, 0.15) is 60.1 Å². The van der Waals surface area contributed by atoms with E-state index < -0.39 is 29.5 Å². The summed E-state index contributed by atoms with van der Waals surface area (Å²) < 4.78 is 55.1. The van der Waals surface area contributed by atoms with Crippen LogP contribution in [0.3, 0.4) is 0 Å². The number of pyridine rings is 1. The smallest absolute Gasteiger partial charge is 0.368 e. The van der Waals surface area contributed by atoms with Crippen molar-refractivity contribution in [2.24, 2.45) is 0 Å². The summed E-state index contributed by atoms with van der Waals surface area (Å²) >= 11 is 0. The minimum absolute atomic E-state index is 0.0641. The lowest BCUT2D eigenvalue weighted by Crippen LogP contribution is -2.51. The molecule has 1 amide bonds. The summed E-state index contributed by atoms with van der Waals surface area (Å²) in [4.78, 5) is 17.5. The summed E-state index contributed by atoms with van der Waals surface area (Å²) in [6.07, 6.45) is 1.55. The van der Waals surface area contributed by atoms with E-state index in [0.717, 1.165) is 44.6 Å². The number of rotatable bonds is 5. The number of anilines is 1. The van der Waals surface area contributed by atoms with Crippen LogP contribution in [-0.2, 0) is 6.18 Å². The predicted octanol–water partition coefficient (Wildman–Crippen LogP) is 4.14. The van der Waals surface area contributed by atoms with Crippen LogP contribution in [0.5, 0.6) is 0 Å². The van der Waals surface area contributed by atoms with Gasteiger partial charge in [-0.2, -0.15) is 13.2 Å². The lowest BCUT2D eigenvalue weighted by Gasteiger charge is -2.44. The van der Waals surface area contributed by atoms with Crippen LogP contribution < -0.4 is 15.7 Å². The van der Waals surface area contributed by atoms with Crippen molar-refractivity contribution in [1.29, 1.82) is 10.8 Å². The zero-order valence-corrected chi connectivity index (χ0v) is 20.3. The lowest BCUT2D eigenvalue weighted by molar-refractivity contribution is -0.140. The molecule has 194 valence electrons. The van der Waals surface area contributed by atoms with Crippen LogP contribution in [-0.4, -0.2) is 53.9 Å². The highest BCUT2D eigenvalue weighted by molar-refractivity contribution is 5.95. The molecule has 1 atom stereocenters. The number of piperidine rings is 1. The molecule has 1 aromatic carbocycles. The molecule has 1 aromatic heterocycles. The van der Waals surface area contributed by atoms with E-state index in [1.807, 2.05) is 4.90 Å². The number of likely N-dealkylation sites (tertiary alicyclic amines) is 1. The van der Waals surface area contributed by atoms with Crippen molar-refractivity contribution in [2.45, 2.75) is 50.4 Å². The minimum Gasteiger partial charge on any atom is -0.368 e. The van der Waals surface area contributed by atoms with Gasteiger partial charge in [0, 0.05) is 30.4 Å². The number of hydrogen-bond donors (Lipinski definition) is 3. The molecule has 0 unspecified atom stereocenters. The third-order valence-corrected chi connectivity index (χ3v) is 7.60. The second kappa shape index (κ2) is 9.68. The quantitative estimate of drug-likeness (QED) is 0.324. The van der Waals surface area contributed by atoms with Gasteiger partial charge in [-0.15, -0.1) is 0 Å². The Bertz CT molecular complexity index is 1220. The third kappa shape index (κ3) is 4.76. The third-order valence-electron chi connectivity index (χ3n) is 7.60. The molecule has 2 fully saturated rings. The van der Waals surface area contributed by atoms with Crippen molar-refractivity contribution in [3.8, 4) is 0 Å². The number of halogens is 4. The fourth-order valence-corrected chi connectivity index (χ4v) is 5.40. The number of alkyl halides is 3. The molecule has 2 saturated heterocycles. The Labute approximate surface area is 206 Å². The average molecular weight is 507 g/mol. The van der Waals surface area contributed by atoms with Crippen LogP contribution in [0.4, 0.5) is 23.2 Å². The van der Waals surface area contributed by atoms with Gasteiger partial charge in [0.25, 0.3) is 5.91 Å². The molecule has 0 aliphatic carbocycles. The highest BCUT2D eigenvalue weighted by Gasteiger charge is 2.41. The van der Waals surface area contributed by atoms with Crippen molar-refractivity contribution in [1.82, 2.24) is 14.8 Å². The Kier molecular flexibility index (Phi) is 6.96. The van der Waals surface area contributed by atoms with E-state index in [1.54, 1.807) is 6.07 Å². The largest absolute Gasteiger partial charge is 0.419 e. The van der Waals surface area contributed by atoms with Crippen molar-refractivity contribution in [2.75, 3.05) is 31.6 Å². The molecule has 0 radical (unpaired) electrons. The SMILES string of the molecule is C[C@@H](NC(=O)c1cc(N2CCC3(CCCN3C)CC2)c(=N)n(C=N)c1)c1cccc(C(F)(F)F)c1F. The summed E-state index contributed by atoms with van der Waals surface area (Å²) in [5.74, 6) is -2.06. The van der Waals surface area contributed by atoms with Crippen molar-refractivity contribution >= 4 is 17.9 Å². The molecular formula is C25H30F4N6O. The topological polar surface area (TPSA) is 88.2 Å². The average Bonchev–Trinajstić information content (AvgIpc) is 3.18. The van der Waals surface area contributed by atoms with E-state index in [1.165, 1.54) is 23.8 Å². The Morgan fingerprint density at radius 3 is 2.47 bits per heavy atom. The lowest BCUT2D eigenvalue weighted by atomic mass is 9.85. The number of carbonyl (C=O) groups is 1. The molecular weight excluding hydrogens is 476 g/mol. The zero-order chi connectivity index (χ0) is 26.3. The molecule has 0 saturated carbocycles. The molecule has 2 aliphatic rings. The second-order valence-corrected chi connectivity index (χ2v) is 9.64. The van der Waals surface area contributed by atoms with Gasteiger partial charge < -0.3 is 15.1 Å². The second-order valence-electron chi connectivity index (χ2n) is 9.64. The summed E-state index contributed by atoms with van der Waals surface area (Å²) in [7, 11) is 2.14. The molecule has 0 bridgehead atoms. The first-order valence-electron chi connectivity index (χ1n) is 11.9. The fourth-order valence-electron chi connectivity index (χ4n) is 5.40. The Balaban J connectivity index is 1.57. The number of nitrogens with one attached hydrogen (secondary N) is 3. The van der Waals surface area contributed by atoms with E-state index in [4.69, 9.17) is 10.8 Å². The van der Waals surface area contributed by atoms with Crippen molar-refractivity contribution < 1.29 is 22.4 Å². The van der Waals surface area contributed by atoms with Gasteiger partial charge >= 0.3 is 6.18 Å². The number of benzene rings is 1. The highest BCUT2D eigenvalue weighted by atomic mass is 19.4.